The Morgan fingerprint density at radius 3 is 2.45 bits per heavy atom. The summed E-state index contributed by atoms with van der Waals surface area (Å²) in [5.74, 6) is -2.40. The molecule has 0 bridgehead atoms. The molecule has 2 unspecified atom stereocenters. The number of pyridine rings is 1. The number of nitrogens with zero attached hydrogens (tertiary/aromatic N) is 1. The third-order valence-electron chi connectivity index (χ3n) is 6.80. The number of hydrogen-bond acceptors (Lipinski definition) is 7. The van der Waals surface area contributed by atoms with Crippen molar-refractivity contribution < 1.29 is 29.0 Å². The summed E-state index contributed by atoms with van der Waals surface area (Å²) in [6.07, 6.45) is 0.911. The van der Waals surface area contributed by atoms with Crippen LogP contribution in [0.2, 0.25) is 0 Å². The number of carbonyl (C=O) groups is 4. The summed E-state index contributed by atoms with van der Waals surface area (Å²) < 4.78 is 5.30. The molecule has 11 heteroatoms. The van der Waals surface area contributed by atoms with Crippen LogP contribution in [-0.4, -0.2) is 64.1 Å². The molecule has 202 valence electrons. The van der Waals surface area contributed by atoms with Gasteiger partial charge in [-0.25, -0.2) is 0 Å². The van der Waals surface area contributed by atoms with E-state index in [1.807, 2.05) is 32.0 Å². The van der Waals surface area contributed by atoms with Crippen molar-refractivity contribution in [2.45, 2.75) is 62.8 Å². The third kappa shape index (κ3) is 6.28. The normalized spacial score (nSPS) is 24.2. The molecule has 38 heavy (non-hydrogen) atoms. The Kier molecular flexibility index (Phi) is 7.96. The zero-order chi connectivity index (χ0) is 27.4. The average Bonchev–Trinajstić information content (AvgIpc) is 3.79. The molecule has 1 aromatic carbocycles. The molecule has 0 radical (unpaired) electrons. The molecule has 2 aliphatic rings. The van der Waals surface area contributed by atoms with Gasteiger partial charge in [0.15, 0.2) is 12.2 Å². The topological polar surface area (TPSA) is 176 Å². The summed E-state index contributed by atoms with van der Waals surface area (Å²) in [5.41, 5.74) is 5.98. The number of amides is 4. The van der Waals surface area contributed by atoms with Crippen LogP contribution in [0.4, 0.5) is 0 Å². The number of benzene rings is 1. The van der Waals surface area contributed by atoms with Gasteiger partial charge in [0.25, 0.3) is 11.8 Å². The largest absolute Gasteiger partial charge is 0.508 e. The van der Waals surface area contributed by atoms with E-state index in [0.717, 1.165) is 11.3 Å². The Morgan fingerprint density at radius 2 is 1.82 bits per heavy atom. The molecule has 1 saturated heterocycles. The Bertz CT molecular complexity index is 1190. The highest BCUT2D eigenvalue weighted by Crippen LogP contribution is 2.51. The molecule has 11 nitrogen and oxygen atoms in total. The van der Waals surface area contributed by atoms with E-state index in [1.54, 1.807) is 18.3 Å². The lowest BCUT2D eigenvalue weighted by atomic mass is 10.0. The number of phenolic OH excluding ortho intramolecular Hbond substituents is 1. The van der Waals surface area contributed by atoms with Crippen LogP contribution in [0.5, 0.6) is 5.75 Å². The van der Waals surface area contributed by atoms with Crippen LogP contribution in [0.15, 0.2) is 48.7 Å². The van der Waals surface area contributed by atoms with Crippen molar-refractivity contribution in [2.75, 3.05) is 6.54 Å². The molecule has 4 rings (SSSR count). The summed E-state index contributed by atoms with van der Waals surface area (Å²) in [5, 5.41) is 17.7. The van der Waals surface area contributed by atoms with E-state index in [-0.39, 0.29) is 17.6 Å². The predicted molar refractivity (Wildman–Crippen MR) is 137 cm³/mol. The molecule has 5 atom stereocenters. The van der Waals surface area contributed by atoms with Gasteiger partial charge in [-0.1, -0.05) is 32.0 Å². The van der Waals surface area contributed by atoms with Gasteiger partial charge in [0.1, 0.15) is 17.3 Å². The average molecular weight is 524 g/mol. The van der Waals surface area contributed by atoms with E-state index in [0.29, 0.717) is 25.8 Å². The lowest BCUT2D eigenvalue weighted by molar-refractivity contribution is -0.132. The highest BCUT2D eigenvalue weighted by Gasteiger charge is 2.61. The van der Waals surface area contributed by atoms with E-state index in [9.17, 15) is 24.3 Å². The Labute approximate surface area is 220 Å². The van der Waals surface area contributed by atoms with Crippen LogP contribution in [-0.2, 0) is 30.3 Å². The second-order valence-corrected chi connectivity index (χ2v) is 10.2. The number of aromatic nitrogens is 1. The quantitative estimate of drug-likeness (QED) is 0.248. The molecule has 1 aromatic heterocycles. The van der Waals surface area contributed by atoms with E-state index >= 15 is 0 Å². The third-order valence-corrected chi connectivity index (χ3v) is 6.80. The molecular formula is C27H33N5O6. The first-order valence-electron chi connectivity index (χ1n) is 12.6. The fourth-order valence-corrected chi connectivity index (χ4v) is 4.58. The zero-order valence-corrected chi connectivity index (χ0v) is 21.3. The minimum absolute atomic E-state index is 0.0495. The minimum Gasteiger partial charge on any atom is -0.508 e. The van der Waals surface area contributed by atoms with Gasteiger partial charge in [0.2, 0.25) is 11.8 Å². The summed E-state index contributed by atoms with van der Waals surface area (Å²) in [6.45, 7) is 4.15. The van der Waals surface area contributed by atoms with Crippen LogP contribution in [0, 0.1) is 5.92 Å². The fraction of sp³-hybridized carbons (Fsp3) is 0.444. The maximum Gasteiger partial charge on any atom is 0.253 e. The number of carbonyl (C=O) groups excluding carboxylic acids is 4. The molecule has 1 aliphatic heterocycles. The maximum absolute atomic E-state index is 13.2. The van der Waals surface area contributed by atoms with Gasteiger partial charge in [0, 0.05) is 30.8 Å². The van der Waals surface area contributed by atoms with E-state index in [2.05, 4.69) is 20.9 Å². The van der Waals surface area contributed by atoms with Gasteiger partial charge in [-0.15, -0.1) is 0 Å². The zero-order valence-electron chi connectivity index (χ0n) is 21.3. The molecule has 2 aromatic rings. The molecule has 1 saturated carbocycles. The lowest BCUT2D eigenvalue weighted by Gasteiger charge is -2.23. The van der Waals surface area contributed by atoms with E-state index in [1.165, 1.54) is 12.1 Å². The number of nitrogens with one attached hydrogen (secondary N) is 3. The lowest BCUT2D eigenvalue weighted by Crippen LogP contribution is -2.56. The van der Waals surface area contributed by atoms with Crippen molar-refractivity contribution >= 4 is 23.6 Å². The van der Waals surface area contributed by atoms with Gasteiger partial charge in [-0.3, -0.25) is 24.2 Å². The Morgan fingerprint density at radius 1 is 1.11 bits per heavy atom. The number of hydrogen-bond donors (Lipinski definition) is 5. The number of phenols is 1. The SMILES string of the molecule is CC(C)C[C@H](NC(=O)C1O[C@H]1C(=O)NCCc1ccccn1)C(=O)NC1(C(N)=O)C[C@H]1c1ccc(O)cc1. The first-order valence-corrected chi connectivity index (χ1v) is 12.6. The first kappa shape index (κ1) is 27.1. The highest BCUT2D eigenvalue weighted by atomic mass is 16.6. The second-order valence-electron chi connectivity index (χ2n) is 10.2. The fourth-order valence-electron chi connectivity index (χ4n) is 4.58. The number of epoxide rings is 1. The molecule has 0 spiro atoms. The van der Waals surface area contributed by atoms with E-state index < -0.39 is 47.4 Å². The summed E-state index contributed by atoms with van der Waals surface area (Å²) in [4.78, 5) is 55.0. The van der Waals surface area contributed by atoms with Gasteiger partial charge in [-0.2, -0.15) is 0 Å². The summed E-state index contributed by atoms with van der Waals surface area (Å²) in [6, 6.07) is 10.9. The van der Waals surface area contributed by atoms with Gasteiger partial charge in [-0.05, 0) is 48.6 Å². The number of nitrogens with two attached hydrogens (primary N) is 1. The van der Waals surface area contributed by atoms with Crippen molar-refractivity contribution in [2.24, 2.45) is 11.7 Å². The minimum atomic E-state index is -1.28. The van der Waals surface area contributed by atoms with Crippen molar-refractivity contribution in [3.05, 3.63) is 59.9 Å². The number of ether oxygens (including phenoxy) is 1. The van der Waals surface area contributed by atoms with Crippen molar-refractivity contribution in [1.29, 1.82) is 0 Å². The molecular weight excluding hydrogens is 490 g/mol. The van der Waals surface area contributed by atoms with Gasteiger partial charge < -0.3 is 31.5 Å². The molecule has 2 heterocycles. The monoisotopic (exact) mass is 523 g/mol. The Hall–Kier alpha value is -3.99. The maximum atomic E-state index is 13.2. The van der Waals surface area contributed by atoms with Crippen molar-refractivity contribution in [3.63, 3.8) is 0 Å². The van der Waals surface area contributed by atoms with E-state index in [4.69, 9.17) is 10.5 Å². The van der Waals surface area contributed by atoms with Gasteiger partial charge >= 0.3 is 0 Å². The standard InChI is InChI=1S/C27H33N5O6/c1-15(2)13-20(23(34)32-27(26(28)37)14-19(27)16-6-8-18(33)9-7-16)31-25(36)22-21(38-22)24(35)30-12-10-17-5-3-4-11-29-17/h3-9,11,15,19-22,33H,10,12-14H2,1-2H3,(H2,28,37)(H,30,35)(H,31,36)(H,32,34)/t19-,20-,21+,22?,27?/m0/s1. The van der Waals surface area contributed by atoms with Gasteiger partial charge in [0.05, 0.1) is 0 Å². The number of rotatable bonds is 12. The summed E-state index contributed by atoms with van der Waals surface area (Å²) >= 11 is 0. The first-order chi connectivity index (χ1) is 18.1. The van der Waals surface area contributed by atoms with Crippen LogP contribution in [0.25, 0.3) is 0 Å². The highest BCUT2D eigenvalue weighted by molar-refractivity contribution is 5.99. The van der Waals surface area contributed by atoms with Crippen LogP contribution in [0.1, 0.15) is 43.9 Å². The summed E-state index contributed by atoms with van der Waals surface area (Å²) in [7, 11) is 0. The van der Waals surface area contributed by atoms with Crippen LogP contribution < -0.4 is 21.7 Å². The van der Waals surface area contributed by atoms with Crippen molar-refractivity contribution in [3.8, 4) is 5.75 Å². The molecule has 4 amide bonds. The van der Waals surface area contributed by atoms with Crippen LogP contribution in [0.3, 0.4) is 0 Å². The smallest absolute Gasteiger partial charge is 0.253 e. The molecule has 6 N–H and O–H groups in total. The molecule has 1 aliphatic carbocycles. The molecule has 2 fully saturated rings. The van der Waals surface area contributed by atoms with Crippen LogP contribution >= 0.6 is 0 Å². The number of primary amides is 1. The predicted octanol–water partition coefficient (Wildman–Crippen LogP) is 0.272. The second kappa shape index (κ2) is 11.2. The number of aromatic hydroxyl groups is 1. The Balaban J connectivity index is 1.32. The van der Waals surface area contributed by atoms with Crippen molar-refractivity contribution in [1.82, 2.24) is 20.9 Å².